The molecule has 0 spiro atoms. The van der Waals surface area contributed by atoms with Gasteiger partial charge in [0.25, 0.3) is 0 Å². The highest BCUT2D eigenvalue weighted by Gasteiger charge is 2.08. The van der Waals surface area contributed by atoms with Crippen molar-refractivity contribution in [2.24, 2.45) is 0 Å². The number of benzene rings is 2. The minimum Gasteiger partial charge on any atom is -0.338 e. The first-order valence-electron chi connectivity index (χ1n) is 7.74. The Labute approximate surface area is 146 Å². The summed E-state index contributed by atoms with van der Waals surface area (Å²) >= 11 is 6.15. The van der Waals surface area contributed by atoms with Gasteiger partial charge >= 0.3 is 0 Å². The molecule has 3 aromatic rings. The molecule has 0 amide bonds. The number of hydrogen-bond donors (Lipinski definition) is 2. The minimum absolute atomic E-state index is 0.389. The standard InChI is InChI=1S/C18H18ClN5/c1-3-13-8-6-7-12(2)17(13)22-16-11-20-24-18(23-16)21-15-10-5-4-9-14(15)19/h4-11H,3H2,1-2H3,(H2,21,22,23,24). The third-order valence-corrected chi connectivity index (χ3v) is 4.00. The van der Waals surface area contributed by atoms with Gasteiger partial charge in [-0.1, -0.05) is 48.9 Å². The summed E-state index contributed by atoms with van der Waals surface area (Å²) in [5.74, 6) is 1.02. The van der Waals surface area contributed by atoms with E-state index in [1.54, 1.807) is 12.3 Å². The molecule has 2 N–H and O–H groups in total. The second kappa shape index (κ2) is 7.27. The maximum absolute atomic E-state index is 6.15. The van der Waals surface area contributed by atoms with Gasteiger partial charge in [0.1, 0.15) is 0 Å². The van der Waals surface area contributed by atoms with Gasteiger partial charge < -0.3 is 10.6 Å². The molecule has 0 radical (unpaired) electrons. The lowest BCUT2D eigenvalue weighted by Crippen LogP contribution is -2.04. The van der Waals surface area contributed by atoms with Crippen LogP contribution >= 0.6 is 11.6 Å². The average molecular weight is 340 g/mol. The number of rotatable bonds is 5. The molecule has 1 aromatic heterocycles. The van der Waals surface area contributed by atoms with Gasteiger partial charge in [0, 0.05) is 5.69 Å². The van der Waals surface area contributed by atoms with Crippen LogP contribution in [0.1, 0.15) is 18.1 Å². The molecule has 2 aromatic carbocycles. The van der Waals surface area contributed by atoms with Crippen LogP contribution in [-0.2, 0) is 6.42 Å². The summed E-state index contributed by atoms with van der Waals surface area (Å²) < 4.78 is 0. The fourth-order valence-corrected chi connectivity index (χ4v) is 2.61. The number of aromatic nitrogens is 3. The Morgan fingerprint density at radius 1 is 1.04 bits per heavy atom. The van der Waals surface area contributed by atoms with Gasteiger partial charge in [0.15, 0.2) is 5.82 Å². The van der Waals surface area contributed by atoms with Crippen LogP contribution in [0, 0.1) is 6.92 Å². The Morgan fingerprint density at radius 3 is 2.67 bits per heavy atom. The van der Waals surface area contributed by atoms with E-state index in [-0.39, 0.29) is 0 Å². The number of halogens is 1. The Bertz CT molecular complexity index is 850. The van der Waals surface area contributed by atoms with E-state index >= 15 is 0 Å². The number of hydrogen-bond acceptors (Lipinski definition) is 5. The lowest BCUT2D eigenvalue weighted by Gasteiger charge is -2.13. The van der Waals surface area contributed by atoms with Crippen molar-refractivity contribution in [3.63, 3.8) is 0 Å². The van der Waals surface area contributed by atoms with E-state index < -0.39 is 0 Å². The van der Waals surface area contributed by atoms with E-state index in [0.717, 1.165) is 23.4 Å². The lowest BCUT2D eigenvalue weighted by atomic mass is 10.1. The Hall–Kier alpha value is -2.66. The quantitative estimate of drug-likeness (QED) is 0.693. The SMILES string of the molecule is CCc1cccc(C)c1Nc1cnnc(Nc2ccccc2Cl)n1. The first-order valence-corrected chi connectivity index (χ1v) is 8.12. The van der Waals surface area contributed by atoms with Gasteiger partial charge in [-0.15, -0.1) is 5.10 Å². The van der Waals surface area contributed by atoms with Crippen molar-refractivity contribution in [2.75, 3.05) is 10.6 Å². The van der Waals surface area contributed by atoms with Crippen LogP contribution in [0.5, 0.6) is 0 Å². The molecule has 0 bridgehead atoms. The molecule has 6 heteroatoms. The predicted octanol–water partition coefficient (Wildman–Crippen LogP) is 4.88. The zero-order valence-electron chi connectivity index (χ0n) is 13.5. The van der Waals surface area contributed by atoms with Gasteiger partial charge in [0.2, 0.25) is 5.95 Å². The molecule has 5 nitrogen and oxygen atoms in total. The first kappa shape index (κ1) is 16.2. The molecular weight excluding hydrogens is 322 g/mol. The Morgan fingerprint density at radius 2 is 1.88 bits per heavy atom. The van der Waals surface area contributed by atoms with Crippen LogP contribution < -0.4 is 10.6 Å². The summed E-state index contributed by atoms with van der Waals surface area (Å²) in [5, 5.41) is 15.1. The molecule has 0 fully saturated rings. The monoisotopic (exact) mass is 339 g/mol. The van der Waals surface area contributed by atoms with Gasteiger partial charge in [0.05, 0.1) is 16.9 Å². The van der Waals surface area contributed by atoms with Crippen molar-refractivity contribution in [1.29, 1.82) is 0 Å². The number of para-hydroxylation sites is 2. The van der Waals surface area contributed by atoms with Crippen molar-refractivity contribution in [3.8, 4) is 0 Å². The fraction of sp³-hybridized carbons (Fsp3) is 0.167. The van der Waals surface area contributed by atoms with Crippen molar-refractivity contribution >= 4 is 34.7 Å². The zero-order chi connectivity index (χ0) is 16.9. The molecule has 0 atom stereocenters. The van der Waals surface area contributed by atoms with Crippen LogP contribution in [0.2, 0.25) is 5.02 Å². The third-order valence-electron chi connectivity index (χ3n) is 3.67. The highest BCUT2D eigenvalue weighted by atomic mass is 35.5. The molecule has 24 heavy (non-hydrogen) atoms. The number of anilines is 4. The molecule has 122 valence electrons. The molecule has 0 saturated heterocycles. The maximum Gasteiger partial charge on any atom is 0.249 e. The number of nitrogens with zero attached hydrogens (tertiary/aromatic N) is 3. The summed E-state index contributed by atoms with van der Waals surface area (Å²) in [6.45, 7) is 4.20. The average Bonchev–Trinajstić information content (AvgIpc) is 2.59. The zero-order valence-corrected chi connectivity index (χ0v) is 14.3. The van der Waals surface area contributed by atoms with E-state index in [9.17, 15) is 0 Å². The van der Waals surface area contributed by atoms with Crippen molar-refractivity contribution < 1.29 is 0 Å². The largest absolute Gasteiger partial charge is 0.338 e. The molecular formula is C18H18ClN5. The van der Waals surface area contributed by atoms with Crippen LogP contribution in [0.3, 0.4) is 0 Å². The highest BCUT2D eigenvalue weighted by Crippen LogP contribution is 2.26. The van der Waals surface area contributed by atoms with E-state index in [1.807, 2.05) is 18.2 Å². The maximum atomic E-state index is 6.15. The summed E-state index contributed by atoms with van der Waals surface area (Å²) in [5.41, 5.74) is 4.19. The van der Waals surface area contributed by atoms with Gasteiger partial charge in [-0.25, -0.2) is 0 Å². The lowest BCUT2D eigenvalue weighted by molar-refractivity contribution is 0.981. The second-order valence-electron chi connectivity index (χ2n) is 5.36. The molecule has 0 aliphatic rings. The van der Waals surface area contributed by atoms with E-state index in [0.29, 0.717) is 16.8 Å². The third kappa shape index (κ3) is 3.63. The van der Waals surface area contributed by atoms with E-state index in [1.165, 1.54) is 5.56 Å². The molecule has 1 heterocycles. The number of nitrogens with one attached hydrogen (secondary N) is 2. The van der Waals surface area contributed by atoms with Gasteiger partial charge in [-0.2, -0.15) is 10.1 Å². The smallest absolute Gasteiger partial charge is 0.249 e. The van der Waals surface area contributed by atoms with Crippen molar-refractivity contribution in [2.45, 2.75) is 20.3 Å². The summed E-state index contributed by atoms with van der Waals surface area (Å²) in [6.07, 6.45) is 2.54. The Balaban J connectivity index is 1.85. The predicted molar refractivity (Wildman–Crippen MR) is 98.4 cm³/mol. The van der Waals surface area contributed by atoms with E-state index in [2.05, 4.69) is 57.9 Å². The van der Waals surface area contributed by atoms with Crippen LogP contribution in [-0.4, -0.2) is 15.2 Å². The second-order valence-corrected chi connectivity index (χ2v) is 5.76. The van der Waals surface area contributed by atoms with Crippen LogP contribution in [0.15, 0.2) is 48.7 Å². The Kier molecular flexibility index (Phi) is 4.91. The molecule has 3 rings (SSSR count). The van der Waals surface area contributed by atoms with Crippen molar-refractivity contribution in [1.82, 2.24) is 15.2 Å². The van der Waals surface area contributed by atoms with E-state index in [4.69, 9.17) is 11.6 Å². The fourth-order valence-electron chi connectivity index (χ4n) is 2.43. The molecule has 0 aliphatic heterocycles. The van der Waals surface area contributed by atoms with Crippen LogP contribution in [0.4, 0.5) is 23.1 Å². The van der Waals surface area contributed by atoms with Gasteiger partial charge in [-0.05, 0) is 36.6 Å². The topological polar surface area (TPSA) is 62.7 Å². The summed E-state index contributed by atoms with van der Waals surface area (Å²) in [6, 6.07) is 13.7. The highest BCUT2D eigenvalue weighted by molar-refractivity contribution is 6.33. The summed E-state index contributed by atoms with van der Waals surface area (Å²) in [4.78, 5) is 4.47. The molecule has 0 saturated carbocycles. The van der Waals surface area contributed by atoms with Crippen LogP contribution in [0.25, 0.3) is 0 Å². The normalized spacial score (nSPS) is 10.5. The molecule has 0 aliphatic carbocycles. The first-order chi connectivity index (χ1) is 11.7. The van der Waals surface area contributed by atoms with Crippen molar-refractivity contribution in [3.05, 3.63) is 64.8 Å². The minimum atomic E-state index is 0.389. The molecule has 0 unspecified atom stereocenters. The van der Waals surface area contributed by atoms with Gasteiger partial charge in [-0.3, -0.25) is 0 Å². The summed E-state index contributed by atoms with van der Waals surface area (Å²) in [7, 11) is 0. The number of aryl methyl sites for hydroxylation is 2.